The van der Waals surface area contributed by atoms with E-state index in [0.29, 0.717) is 16.9 Å². The number of nitrogens with one attached hydrogen (secondary N) is 1. The standard InChI is InChI=1S/C25H20F4N2O2/c1-16(17-6-3-2-4-7-17)30-22-15-23(18-8-5-9-19(26)14-18)31(24(22)32)20-10-12-21(13-11-20)33-25(27,28)29/h2-16,23,30H,1H3/t16-,23-/m1/s1. The number of hydrogen-bond acceptors (Lipinski definition) is 3. The molecule has 1 amide bonds. The average Bonchev–Trinajstić information content (AvgIpc) is 3.10. The van der Waals surface area contributed by atoms with Gasteiger partial charge in [-0.2, -0.15) is 0 Å². The minimum Gasteiger partial charge on any atom is -0.406 e. The first kappa shape index (κ1) is 22.4. The van der Waals surface area contributed by atoms with Gasteiger partial charge in [0.25, 0.3) is 5.91 Å². The molecule has 4 nitrogen and oxygen atoms in total. The molecular formula is C25H20F4N2O2. The molecule has 0 bridgehead atoms. The van der Waals surface area contributed by atoms with Crippen LogP contribution in [0.15, 0.2) is 90.6 Å². The summed E-state index contributed by atoms with van der Waals surface area (Å²) < 4.78 is 55.3. The lowest BCUT2D eigenvalue weighted by Crippen LogP contribution is -2.33. The van der Waals surface area contributed by atoms with Crippen molar-refractivity contribution in [2.75, 3.05) is 4.90 Å². The summed E-state index contributed by atoms with van der Waals surface area (Å²) in [6, 6.07) is 19.6. The fourth-order valence-electron chi connectivity index (χ4n) is 3.75. The number of hydrogen-bond donors (Lipinski definition) is 1. The molecule has 33 heavy (non-hydrogen) atoms. The number of anilines is 1. The fourth-order valence-corrected chi connectivity index (χ4v) is 3.75. The topological polar surface area (TPSA) is 41.6 Å². The summed E-state index contributed by atoms with van der Waals surface area (Å²) in [5.41, 5.74) is 2.17. The highest BCUT2D eigenvalue weighted by molar-refractivity contribution is 6.08. The van der Waals surface area contributed by atoms with E-state index in [-0.39, 0.29) is 11.9 Å². The molecule has 0 fully saturated rings. The number of halogens is 4. The SMILES string of the molecule is C[C@@H](NC1=C[C@H](c2cccc(F)c2)N(c2ccc(OC(F)(F)F)cc2)C1=O)c1ccccc1. The molecule has 3 aromatic rings. The van der Waals surface area contributed by atoms with Crippen LogP contribution in [0.25, 0.3) is 0 Å². The van der Waals surface area contributed by atoms with Crippen LogP contribution in [0.4, 0.5) is 23.2 Å². The van der Waals surface area contributed by atoms with Crippen LogP contribution in [-0.4, -0.2) is 12.3 Å². The number of carbonyl (C=O) groups is 1. The smallest absolute Gasteiger partial charge is 0.406 e. The Balaban J connectivity index is 1.65. The number of nitrogens with zero attached hydrogens (tertiary/aromatic N) is 1. The first-order chi connectivity index (χ1) is 15.7. The lowest BCUT2D eigenvalue weighted by Gasteiger charge is -2.26. The van der Waals surface area contributed by atoms with Gasteiger partial charge in [0.1, 0.15) is 11.6 Å². The van der Waals surface area contributed by atoms with Crippen molar-refractivity contribution in [3.05, 3.63) is 108 Å². The van der Waals surface area contributed by atoms with Crippen LogP contribution in [0.3, 0.4) is 0 Å². The van der Waals surface area contributed by atoms with Crippen molar-refractivity contribution in [3.63, 3.8) is 0 Å². The highest BCUT2D eigenvalue weighted by Crippen LogP contribution is 2.37. The second-order valence-corrected chi connectivity index (χ2v) is 7.57. The number of benzene rings is 3. The maximum Gasteiger partial charge on any atom is 0.573 e. The van der Waals surface area contributed by atoms with E-state index in [1.54, 1.807) is 18.2 Å². The van der Waals surface area contributed by atoms with Crippen molar-refractivity contribution >= 4 is 11.6 Å². The predicted molar refractivity (Wildman–Crippen MR) is 116 cm³/mol. The van der Waals surface area contributed by atoms with E-state index in [4.69, 9.17) is 0 Å². The maximum atomic E-state index is 13.9. The molecule has 3 aromatic carbocycles. The van der Waals surface area contributed by atoms with E-state index in [1.807, 2.05) is 37.3 Å². The Bertz CT molecular complexity index is 1160. The van der Waals surface area contributed by atoms with Crippen LogP contribution in [0, 0.1) is 5.82 Å². The molecule has 0 saturated heterocycles. The molecule has 8 heteroatoms. The molecule has 1 aliphatic heterocycles. The summed E-state index contributed by atoms with van der Waals surface area (Å²) in [6.07, 6.45) is -3.13. The van der Waals surface area contributed by atoms with Gasteiger partial charge in [-0.3, -0.25) is 9.69 Å². The molecule has 0 unspecified atom stereocenters. The maximum absolute atomic E-state index is 13.9. The van der Waals surface area contributed by atoms with Gasteiger partial charge in [-0.05, 0) is 60.5 Å². The number of ether oxygens (including phenoxy) is 1. The zero-order valence-electron chi connectivity index (χ0n) is 17.5. The molecule has 0 radical (unpaired) electrons. The van der Waals surface area contributed by atoms with E-state index >= 15 is 0 Å². The largest absolute Gasteiger partial charge is 0.573 e. The molecular weight excluding hydrogens is 436 g/mol. The van der Waals surface area contributed by atoms with Gasteiger partial charge in [0, 0.05) is 11.7 Å². The zero-order valence-corrected chi connectivity index (χ0v) is 17.5. The Morgan fingerprint density at radius 1 is 0.970 bits per heavy atom. The predicted octanol–water partition coefficient (Wildman–Crippen LogP) is 6.05. The van der Waals surface area contributed by atoms with Gasteiger partial charge in [0.2, 0.25) is 0 Å². The van der Waals surface area contributed by atoms with E-state index in [1.165, 1.54) is 29.2 Å². The lowest BCUT2D eigenvalue weighted by atomic mass is 10.1. The van der Waals surface area contributed by atoms with Crippen LogP contribution in [0.5, 0.6) is 5.75 Å². The summed E-state index contributed by atoms with van der Waals surface area (Å²) in [5, 5.41) is 3.20. The van der Waals surface area contributed by atoms with E-state index in [2.05, 4.69) is 10.1 Å². The average molecular weight is 456 g/mol. The summed E-state index contributed by atoms with van der Waals surface area (Å²) in [7, 11) is 0. The van der Waals surface area contributed by atoms with E-state index < -0.39 is 24.0 Å². The van der Waals surface area contributed by atoms with Gasteiger partial charge < -0.3 is 10.1 Å². The van der Waals surface area contributed by atoms with Gasteiger partial charge >= 0.3 is 6.36 Å². The Morgan fingerprint density at radius 3 is 2.30 bits per heavy atom. The summed E-state index contributed by atoms with van der Waals surface area (Å²) in [4.78, 5) is 14.8. The highest BCUT2D eigenvalue weighted by Gasteiger charge is 2.36. The second kappa shape index (κ2) is 8.97. The van der Waals surface area contributed by atoms with Crippen molar-refractivity contribution in [3.8, 4) is 5.75 Å². The van der Waals surface area contributed by atoms with Crippen molar-refractivity contribution in [1.82, 2.24) is 5.32 Å². The second-order valence-electron chi connectivity index (χ2n) is 7.57. The molecule has 4 rings (SSSR count). The van der Waals surface area contributed by atoms with Gasteiger partial charge in [-0.1, -0.05) is 42.5 Å². The van der Waals surface area contributed by atoms with Crippen LogP contribution in [-0.2, 0) is 4.79 Å². The normalized spacial score (nSPS) is 17.0. The van der Waals surface area contributed by atoms with Crippen LogP contribution in [0.2, 0.25) is 0 Å². The van der Waals surface area contributed by atoms with Crippen LogP contribution < -0.4 is 15.0 Å². The Morgan fingerprint density at radius 2 is 1.67 bits per heavy atom. The molecule has 0 aliphatic carbocycles. The molecule has 0 spiro atoms. The number of amides is 1. The fraction of sp³-hybridized carbons (Fsp3) is 0.160. The Hall–Kier alpha value is -3.81. The first-order valence-corrected chi connectivity index (χ1v) is 10.2. The van der Waals surface area contributed by atoms with E-state index in [0.717, 1.165) is 17.7 Å². The first-order valence-electron chi connectivity index (χ1n) is 10.2. The number of carbonyl (C=O) groups excluding carboxylic acids is 1. The third-order valence-corrected chi connectivity index (χ3v) is 5.26. The van der Waals surface area contributed by atoms with Crippen molar-refractivity contribution < 1.29 is 27.1 Å². The third-order valence-electron chi connectivity index (χ3n) is 5.26. The Labute approximate surface area is 188 Å². The van der Waals surface area contributed by atoms with E-state index in [9.17, 15) is 22.4 Å². The van der Waals surface area contributed by atoms with Crippen molar-refractivity contribution in [2.24, 2.45) is 0 Å². The minimum absolute atomic E-state index is 0.183. The summed E-state index contributed by atoms with van der Waals surface area (Å²) in [5.74, 6) is -1.23. The monoisotopic (exact) mass is 456 g/mol. The van der Waals surface area contributed by atoms with Crippen LogP contribution >= 0.6 is 0 Å². The molecule has 1 heterocycles. The number of alkyl halides is 3. The van der Waals surface area contributed by atoms with Crippen molar-refractivity contribution in [2.45, 2.75) is 25.4 Å². The quantitative estimate of drug-likeness (QED) is 0.460. The molecule has 1 N–H and O–H groups in total. The van der Waals surface area contributed by atoms with Crippen LogP contribution in [0.1, 0.15) is 30.1 Å². The molecule has 2 atom stereocenters. The van der Waals surface area contributed by atoms with Gasteiger partial charge in [-0.25, -0.2) is 4.39 Å². The molecule has 1 aliphatic rings. The molecule has 170 valence electrons. The Kier molecular flexibility index (Phi) is 6.09. The zero-order chi connectivity index (χ0) is 23.6. The minimum atomic E-state index is -4.82. The number of rotatable bonds is 6. The highest BCUT2D eigenvalue weighted by atomic mass is 19.4. The van der Waals surface area contributed by atoms with Gasteiger partial charge in [-0.15, -0.1) is 13.2 Å². The summed E-state index contributed by atoms with van der Waals surface area (Å²) in [6.45, 7) is 1.91. The van der Waals surface area contributed by atoms with Crippen molar-refractivity contribution in [1.29, 1.82) is 0 Å². The molecule has 0 saturated carbocycles. The lowest BCUT2D eigenvalue weighted by molar-refractivity contribution is -0.274. The summed E-state index contributed by atoms with van der Waals surface area (Å²) >= 11 is 0. The molecule has 0 aromatic heterocycles. The van der Waals surface area contributed by atoms with Gasteiger partial charge in [0.05, 0.1) is 11.7 Å². The van der Waals surface area contributed by atoms with Gasteiger partial charge in [0.15, 0.2) is 0 Å². The third kappa shape index (κ3) is 5.16.